The van der Waals surface area contributed by atoms with Gasteiger partial charge in [0.05, 0.1) is 0 Å². The van der Waals surface area contributed by atoms with Crippen LogP contribution in [0.2, 0.25) is 0 Å². The average Bonchev–Trinajstić information content (AvgIpc) is 2.45. The number of halogens is 3. The van der Waals surface area contributed by atoms with E-state index in [2.05, 4.69) is 0 Å². The van der Waals surface area contributed by atoms with Gasteiger partial charge in [-0.2, -0.15) is 13.2 Å². The first kappa shape index (κ1) is 10.6. The largest absolute Gasteiger partial charge is 0.477 e. The van der Waals surface area contributed by atoms with Gasteiger partial charge in [-0.05, 0) is 19.1 Å². The molecule has 1 aromatic rings. The first-order chi connectivity index (χ1) is 6.38. The number of carboxylic acid groups (broad SMARTS) is 1. The molecule has 0 saturated carbocycles. The smallest absolute Gasteiger partial charge is 0.431 e. The van der Waals surface area contributed by atoms with E-state index in [1.807, 2.05) is 0 Å². The van der Waals surface area contributed by atoms with E-state index < -0.39 is 17.8 Å². The number of aromatic nitrogens is 1. The Kier molecular flexibility index (Phi) is 2.55. The number of nitrogens with zero attached hydrogens (tertiary/aromatic N) is 1. The Balaban J connectivity index is 3.28. The summed E-state index contributed by atoms with van der Waals surface area (Å²) in [6.45, 7) is 1.44. The van der Waals surface area contributed by atoms with E-state index in [9.17, 15) is 18.0 Å². The minimum atomic E-state index is -4.51. The monoisotopic (exact) mass is 207 g/mol. The summed E-state index contributed by atoms with van der Waals surface area (Å²) in [5.41, 5.74) is -1.28. The van der Waals surface area contributed by atoms with Crippen molar-refractivity contribution < 1.29 is 23.1 Å². The summed E-state index contributed by atoms with van der Waals surface area (Å²) in [5, 5.41) is 8.59. The number of hydrogen-bond donors (Lipinski definition) is 1. The van der Waals surface area contributed by atoms with Gasteiger partial charge < -0.3 is 9.67 Å². The summed E-state index contributed by atoms with van der Waals surface area (Å²) in [7, 11) is 0. The third-order valence-corrected chi connectivity index (χ3v) is 1.81. The van der Waals surface area contributed by atoms with Gasteiger partial charge in [0.25, 0.3) is 0 Å². The highest BCUT2D eigenvalue weighted by molar-refractivity contribution is 5.86. The van der Waals surface area contributed by atoms with Gasteiger partial charge in [0.2, 0.25) is 0 Å². The minimum absolute atomic E-state index is 0.0243. The molecule has 0 aliphatic rings. The van der Waals surface area contributed by atoms with E-state index in [0.717, 1.165) is 16.7 Å². The van der Waals surface area contributed by atoms with Gasteiger partial charge >= 0.3 is 12.1 Å². The fourth-order valence-electron chi connectivity index (χ4n) is 1.24. The molecule has 14 heavy (non-hydrogen) atoms. The molecule has 0 fully saturated rings. The average molecular weight is 207 g/mol. The maximum absolute atomic E-state index is 12.3. The molecule has 0 amide bonds. The second-order valence-electron chi connectivity index (χ2n) is 2.65. The second-order valence-corrected chi connectivity index (χ2v) is 2.65. The Bertz CT molecular complexity index is 354. The fraction of sp³-hybridized carbons (Fsp3) is 0.375. The van der Waals surface area contributed by atoms with E-state index in [1.54, 1.807) is 0 Å². The molecule has 0 saturated heterocycles. The molecule has 1 heterocycles. The Labute approximate surface area is 77.8 Å². The maximum Gasteiger partial charge on any atom is 0.431 e. The molecule has 0 radical (unpaired) electrons. The molecule has 1 N–H and O–H groups in total. The Morgan fingerprint density at radius 1 is 1.50 bits per heavy atom. The van der Waals surface area contributed by atoms with Crippen LogP contribution in [-0.4, -0.2) is 15.6 Å². The lowest BCUT2D eigenvalue weighted by Gasteiger charge is -2.11. The van der Waals surface area contributed by atoms with E-state index >= 15 is 0 Å². The molecule has 78 valence electrons. The maximum atomic E-state index is 12.3. The van der Waals surface area contributed by atoms with E-state index in [0.29, 0.717) is 0 Å². The predicted octanol–water partition coefficient (Wildman–Crippen LogP) is 2.23. The van der Waals surface area contributed by atoms with Crippen molar-refractivity contribution in [3.8, 4) is 0 Å². The van der Waals surface area contributed by atoms with Crippen LogP contribution in [0.4, 0.5) is 13.2 Å². The summed E-state index contributed by atoms with van der Waals surface area (Å²) >= 11 is 0. The molecule has 1 aromatic heterocycles. The Morgan fingerprint density at radius 3 is 2.43 bits per heavy atom. The molecule has 6 heteroatoms. The summed E-state index contributed by atoms with van der Waals surface area (Å²) < 4.78 is 37.6. The number of aromatic carboxylic acids is 1. The molecule has 0 bridgehead atoms. The Morgan fingerprint density at radius 2 is 2.07 bits per heavy atom. The second kappa shape index (κ2) is 3.36. The number of carboxylic acids is 1. The standard InChI is InChI=1S/C8H8F3NO2/c1-2-12-5(7(13)14)3-4-6(12)8(9,10)11/h3-4H,2H2,1H3,(H,13,14). The van der Waals surface area contributed by atoms with Crippen LogP contribution in [0, 0.1) is 0 Å². The van der Waals surface area contributed by atoms with Crippen molar-refractivity contribution in [2.45, 2.75) is 19.6 Å². The van der Waals surface area contributed by atoms with Crippen LogP contribution in [0.5, 0.6) is 0 Å². The molecule has 0 aromatic carbocycles. The molecular weight excluding hydrogens is 199 g/mol. The van der Waals surface area contributed by atoms with Gasteiger partial charge in [-0.1, -0.05) is 0 Å². The normalized spacial score (nSPS) is 11.7. The molecule has 0 aliphatic heterocycles. The molecule has 0 spiro atoms. The van der Waals surface area contributed by atoms with Crippen LogP contribution in [0.15, 0.2) is 12.1 Å². The van der Waals surface area contributed by atoms with Crippen LogP contribution in [0.1, 0.15) is 23.1 Å². The Hall–Kier alpha value is -1.46. The number of carbonyl (C=O) groups is 1. The van der Waals surface area contributed by atoms with Crippen molar-refractivity contribution in [2.75, 3.05) is 0 Å². The van der Waals surface area contributed by atoms with Gasteiger partial charge in [0.15, 0.2) is 0 Å². The highest BCUT2D eigenvalue weighted by Gasteiger charge is 2.35. The first-order valence-electron chi connectivity index (χ1n) is 3.88. The zero-order valence-corrected chi connectivity index (χ0v) is 7.30. The molecular formula is C8H8F3NO2. The fourth-order valence-corrected chi connectivity index (χ4v) is 1.24. The van der Waals surface area contributed by atoms with E-state index in [-0.39, 0.29) is 12.2 Å². The highest BCUT2D eigenvalue weighted by atomic mass is 19.4. The number of hydrogen-bond acceptors (Lipinski definition) is 1. The third-order valence-electron chi connectivity index (χ3n) is 1.81. The van der Waals surface area contributed by atoms with E-state index in [1.165, 1.54) is 6.92 Å². The summed E-state index contributed by atoms with van der Waals surface area (Å²) in [6, 6.07) is 1.72. The number of rotatable bonds is 2. The lowest BCUT2D eigenvalue weighted by molar-refractivity contribution is -0.143. The van der Waals surface area contributed by atoms with Gasteiger partial charge in [-0.3, -0.25) is 0 Å². The molecule has 0 unspecified atom stereocenters. The summed E-state index contributed by atoms with van der Waals surface area (Å²) in [4.78, 5) is 10.5. The van der Waals surface area contributed by atoms with Crippen molar-refractivity contribution in [1.82, 2.24) is 4.57 Å². The molecule has 3 nitrogen and oxygen atoms in total. The van der Waals surface area contributed by atoms with Crippen LogP contribution in [0.25, 0.3) is 0 Å². The minimum Gasteiger partial charge on any atom is -0.477 e. The van der Waals surface area contributed by atoms with Gasteiger partial charge in [-0.25, -0.2) is 4.79 Å². The summed E-state index contributed by atoms with van der Waals surface area (Å²) in [6.07, 6.45) is -4.51. The van der Waals surface area contributed by atoms with Crippen molar-refractivity contribution in [3.63, 3.8) is 0 Å². The van der Waals surface area contributed by atoms with Gasteiger partial charge in [0.1, 0.15) is 11.4 Å². The van der Waals surface area contributed by atoms with Crippen LogP contribution >= 0.6 is 0 Å². The molecule has 0 aliphatic carbocycles. The molecule has 1 rings (SSSR count). The topological polar surface area (TPSA) is 42.2 Å². The lowest BCUT2D eigenvalue weighted by Crippen LogP contribution is -2.16. The zero-order chi connectivity index (χ0) is 10.9. The predicted molar refractivity (Wildman–Crippen MR) is 42.1 cm³/mol. The van der Waals surface area contributed by atoms with Crippen LogP contribution in [-0.2, 0) is 12.7 Å². The van der Waals surface area contributed by atoms with E-state index in [4.69, 9.17) is 5.11 Å². The number of alkyl halides is 3. The van der Waals surface area contributed by atoms with Crippen LogP contribution < -0.4 is 0 Å². The van der Waals surface area contributed by atoms with Crippen molar-refractivity contribution >= 4 is 5.97 Å². The van der Waals surface area contributed by atoms with Crippen molar-refractivity contribution in [2.24, 2.45) is 0 Å². The third kappa shape index (κ3) is 1.73. The quantitative estimate of drug-likeness (QED) is 0.807. The highest BCUT2D eigenvalue weighted by Crippen LogP contribution is 2.30. The van der Waals surface area contributed by atoms with Gasteiger partial charge in [0, 0.05) is 6.54 Å². The van der Waals surface area contributed by atoms with Gasteiger partial charge in [-0.15, -0.1) is 0 Å². The van der Waals surface area contributed by atoms with Crippen molar-refractivity contribution in [1.29, 1.82) is 0 Å². The summed E-state index contributed by atoms with van der Waals surface area (Å²) in [5.74, 6) is -1.36. The van der Waals surface area contributed by atoms with Crippen LogP contribution in [0.3, 0.4) is 0 Å². The first-order valence-corrected chi connectivity index (χ1v) is 3.88. The lowest BCUT2D eigenvalue weighted by atomic mass is 10.4. The zero-order valence-electron chi connectivity index (χ0n) is 7.30. The van der Waals surface area contributed by atoms with Crippen molar-refractivity contribution in [3.05, 3.63) is 23.5 Å². The molecule has 0 atom stereocenters. The SMILES string of the molecule is CCn1c(C(=O)O)ccc1C(F)(F)F.